The van der Waals surface area contributed by atoms with Crippen LogP contribution in [0, 0.1) is 5.92 Å². The monoisotopic (exact) mass is 343 g/mol. The highest BCUT2D eigenvalue weighted by molar-refractivity contribution is 5.97. The topological polar surface area (TPSA) is 78.5 Å². The lowest BCUT2D eigenvalue weighted by atomic mass is 9.84. The van der Waals surface area contributed by atoms with E-state index in [4.69, 9.17) is 0 Å². The average Bonchev–Trinajstić information content (AvgIpc) is 2.53. The Bertz CT molecular complexity index is 662. The summed E-state index contributed by atoms with van der Waals surface area (Å²) >= 11 is 0. The van der Waals surface area contributed by atoms with Crippen LogP contribution in [0.4, 0.5) is 5.69 Å². The number of piperidine rings is 1. The minimum atomic E-state index is -0.166. The maximum Gasteiger partial charge on any atom is 0.251 e. The number of nitrogens with zero attached hydrogens (tertiary/aromatic N) is 1. The Kier molecular flexibility index (Phi) is 5.36. The van der Waals surface area contributed by atoms with Crippen molar-refractivity contribution in [2.24, 2.45) is 5.92 Å². The lowest BCUT2D eigenvalue weighted by Gasteiger charge is -2.36. The summed E-state index contributed by atoms with van der Waals surface area (Å²) < 4.78 is 0. The number of likely N-dealkylation sites (tertiary alicyclic amines) is 1. The zero-order valence-electron chi connectivity index (χ0n) is 14.6. The molecule has 1 aromatic rings. The summed E-state index contributed by atoms with van der Waals surface area (Å²) in [7, 11) is 0. The molecular formula is C19H25N3O3. The molecule has 1 aromatic carbocycles. The van der Waals surface area contributed by atoms with Gasteiger partial charge in [0.25, 0.3) is 5.91 Å². The number of carbonyl (C=O) groups is 3. The lowest BCUT2D eigenvalue weighted by Crippen LogP contribution is -2.48. The van der Waals surface area contributed by atoms with Crippen LogP contribution in [0.15, 0.2) is 24.3 Å². The number of hydrogen-bond donors (Lipinski definition) is 2. The summed E-state index contributed by atoms with van der Waals surface area (Å²) in [5, 5.41) is 5.72. The third kappa shape index (κ3) is 4.38. The fraction of sp³-hybridized carbons (Fsp3) is 0.526. The molecule has 0 atom stereocenters. The molecule has 1 aliphatic carbocycles. The van der Waals surface area contributed by atoms with E-state index in [-0.39, 0.29) is 23.8 Å². The molecule has 6 heteroatoms. The molecule has 2 fully saturated rings. The molecule has 2 N–H and O–H groups in total. The maximum atomic E-state index is 12.4. The van der Waals surface area contributed by atoms with E-state index < -0.39 is 0 Å². The van der Waals surface area contributed by atoms with Gasteiger partial charge in [0, 0.05) is 43.2 Å². The van der Waals surface area contributed by atoms with Crippen molar-refractivity contribution in [3.8, 4) is 0 Å². The summed E-state index contributed by atoms with van der Waals surface area (Å²) in [5.41, 5.74) is 1.14. The average molecular weight is 343 g/mol. The van der Waals surface area contributed by atoms with Crippen LogP contribution in [0.5, 0.6) is 0 Å². The summed E-state index contributed by atoms with van der Waals surface area (Å²) in [5.74, 6) is 0.221. The number of carbonyl (C=O) groups excluding carboxylic acids is 3. The number of anilines is 1. The molecule has 1 saturated heterocycles. The first kappa shape index (κ1) is 17.5. The van der Waals surface area contributed by atoms with Crippen molar-refractivity contribution < 1.29 is 14.4 Å². The van der Waals surface area contributed by atoms with E-state index in [2.05, 4.69) is 10.6 Å². The minimum absolute atomic E-state index is 0.0855. The van der Waals surface area contributed by atoms with Crippen molar-refractivity contribution in [3.63, 3.8) is 0 Å². The Morgan fingerprint density at radius 1 is 1.08 bits per heavy atom. The number of rotatable bonds is 4. The SMILES string of the molecule is CC(=O)Nc1cccc(C(=O)NC2CCN(C(=O)C3CCC3)CC2)c1. The Morgan fingerprint density at radius 3 is 2.40 bits per heavy atom. The Morgan fingerprint density at radius 2 is 1.80 bits per heavy atom. The first-order valence-corrected chi connectivity index (χ1v) is 9.00. The zero-order chi connectivity index (χ0) is 17.8. The number of nitrogens with one attached hydrogen (secondary N) is 2. The van der Waals surface area contributed by atoms with E-state index in [0.717, 1.165) is 25.7 Å². The van der Waals surface area contributed by atoms with Crippen molar-refractivity contribution in [2.45, 2.75) is 45.1 Å². The van der Waals surface area contributed by atoms with E-state index >= 15 is 0 Å². The molecule has 0 unspecified atom stereocenters. The predicted molar refractivity (Wildman–Crippen MR) is 95.2 cm³/mol. The van der Waals surface area contributed by atoms with Gasteiger partial charge in [0.2, 0.25) is 11.8 Å². The predicted octanol–water partition coefficient (Wildman–Crippen LogP) is 2.17. The van der Waals surface area contributed by atoms with Crippen LogP contribution in [-0.2, 0) is 9.59 Å². The zero-order valence-corrected chi connectivity index (χ0v) is 14.6. The minimum Gasteiger partial charge on any atom is -0.349 e. The first-order valence-electron chi connectivity index (χ1n) is 9.00. The second-order valence-corrected chi connectivity index (χ2v) is 6.96. The fourth-order valence-electron chi connectivity index (χ4n) is 3.37. The quantitative estimate of drug-likeness (QED) is 0.879. The van der Waals surface area contributed by atoms with Crippen molar-refractivity contribution in [1.82, 2.24) is 10.2 Å². The lowest BCUT2D eigenvalue weighted by molar-refractivity contribution is -0.139. The summed E-state index contributed by atoms with van der Waals surface area (Å²) in [6, 6.07) is 6.99. The standard InChI is InChI=1S/C19H25N3O3/c1-13(23)20-17-7-3-6-15(12-17)18(24)21-16-8-10-22(11-9-16)19(25)14-4-2-5-14/h3,6-7,12,14,16H,2,4-5,8-11H2,1H3,(H,20,23)(H,21,24). The van der Waals surface area contributed by atoms with Crippen molar-refractivity contribution in [1.29, 1.82) is 0 Å². The van der Waals surface area contributed by atoms with Gasteiger partial charge in [0.1, 0.15) is 0 Å². The van der Waals surface area contributed by atoms with Crippen LogP contribution < -0.4 is 10.6 Å². The fourth-order valence-corrected chi connectivity index (χ4v) is 3.37. The van der Waals surface area contributed by atoms with Crippen LogP contribution >= 0.6 is 0 Å². The molecule has 1 saturated carbocycles. The van der Waals surface area contributed by atoms with Gasteiger partial charge in [0.15, 0.2) is 0 Å². The second kappa shape index (κ2) is 7.68. The van der Waals surface area contributed by atoms with Crippen LogP contribution in [0.2, 0.25) is 0 Å². The van der Waals surface area contributed by atoms with Crippen LogP contribution in [0.3, 0.4) is 0 Å². The summed E-state index contributed by atoms with van der Waals surface area (Å²) in [6.07, 6.45) is 4.80. The van der Waals surface area contributed by atoms with Gasteiger partial charge in [-0.15, -0.1) is 0 Å². The highest BCUT2D eigenvalue weighted by Crippen LogP contribution is 2.29. The first-order chi connectivity index (χ1) is 12.0. The third-order valence-electron chi connectivity index (χ3n) is 5.04. The van der Waals surface area contributed by atoms with E-state index in [1.807, 2.05) is 4.90 Å². The van der Waals surface area contributed by atoms with Crippen LogP contribution in [0.1, 0.15) is 49.4 Å². The molecule has 0 radical (unpaired) electrons. The van der Waals surface area contributed by atoms with Gasteiger partial charge in [-0.1, -0.05) is 12.5 Å². The van der Waals surface area contributed by atoms with Gasteiger partial charge >= 0.3 is 0 Å². The molecule has 1 aliphatic heterocycles. The van der Waals surface area contributed by atoms with Crippen molar-refractivity contribution in [3.05, 3.63) is 29.8 Å². The highest BCUT2D eigenvalue weighted by Gasteiger charge is 2.31. The number of amides is 3. The molecule has 0 bridgehead atoms. The smallest absolute Gasteiger partial charge is 0.251 e. The molecule has 3 rings (SSSR count). The van der Waals surface area contributed by atoms with Gasteiger partial charge in [-0.3, -0.25) is 14.4 Å². The van der Waals surface area contributed by atoms with Gasteiger partial charge in [0.05, 0.1) is 0 Å². The molecule has 0 spiro atoms. The number of benzene rings is 1. The Balaban J connectivity index is 1.50. The van der Waals surface area contributed by atoms with Crippen LogP contribution in [0.25, 0.3) is 0 Å². The molecule has 25 heavy (non-hydrogen) atoms. The molecule has 2 aliphatic rings. The molecular weight excluding hydrogens is 318 g/mol. The maximum absolute atomic E-state index is 12.4. The molecule has 134 valence electrons. The van der Waals surface area contributed by atoms with E-state index in [0.29, 0.717) is 30.2 Å². The Labute approximate surface area is 148 Å². The summed E-state index contributed by atoms with van der Waals surface area (Å²) in [4.78, 5) is 37.8. The molecule has 0 aromatic heterocycles. The van der Waals surface area contributed by atoms with E-state index in [1.165, 1.54) is 13.3 Å². The van der Waals surface area contributed by atoms with Crippen molar-refractivity contribution >= 4 is 23.4 Å². The highest BCUT2D eigenvalue weighted by atomic mass is 16.2. The molecule has 6 nitrogen and oxygen atoms in total. The molecule has 3 amide bonds. The molecule has 1 heterocycles. The normalized spacial score (nSPS) is 18.4. The van der Waals surface area contributed by atoms with Gasteiger partial charge in [-0.2, -0.15) is 0 Å². The van der Waals surface area contributed by atoms with Gasteiger partial charge < -0.3 is 15.5 Å². The third-order valence-corrected chi connectivity index (χ3v) is 5.04. The largest absolute Gasteiger partial charge is 0.349 e. The number of hydrogen-bond acceptors (Lipinski definition) is 3. The summed E-state index contributed by atoms with van der Waals surface area (Å²) in [6.45, 7) is 2.86. The van der Waals surface area contributed by atoms with Gasteiger partial charge in [-0.05, 0) is 43.9 Å². The van der Waals surface area contributed by atoms with Crippen LogP contribution in [-0.4, -0.2) is 41.8 Å². The van der Waals surface area contributed by atoms with Crippen molar-refractivity contribution in [2.75, 3.05) is 18.4 Å². The van der Waals surface area contributed by atoms with Gasteiger partial charge in [-0.25, -0.2) is 0 Å². The van der Waals surface area contributed by atoms with E-state index in [9.17, 15) is 14.4 Å². The van der Waals surface area contributed by atoms with E-state index in [1.54, 1.807) is 24.3 Å². The Hall–Kier alpha value is -2.37. The second-order valence-electron chi connectivity index (χ2n) is 6.96.